The second-order valence-corrected chi connectivity index (χ2v) is 3.69. The van der Waals surface area contributed by atoms with E-state index in [-0.39, 0.29) is 6.61 Å². The van der Waals surface area contributed by atoms with E-state index in [4.69, 9.17) is 5.11 Å². The zero-order valence-electron chi connectivity index (χ0n) is 8.72. The van der Waals surface area contributed by atoms with Crippen LogP contribution in [0.1, 0.15) is 28.7 Å². The van der Waals surface area contributed by atoms with E-state index in [9.17, 15) is 0 Å². The minimum absolute atomic E-state index is 0.284. The highest BCUT2D eigenvalue weighted by Gasteiger charge is 2.01. The Hall–Kier alpha value is -0.820. The first-order valence-electron chi connectivity index (χ1n) is 4.82. The zero-order chi connectivity index (χ0) is 9.84. The molecule has 72 valence electrons. The summed E-state index contributed by atoms with van der Waals surface area (Å²) >= 11 is 0. The van der Waals surface area contributed by atoms with Gasteiger partial charge in [-0.15, -0.1) is 0 Å². The summed E-state index contributed by atoms with van der Waals surface area (Å²) in [6.07, 6.45) is 1.86. The van der Waals surface area contributed by atoms with Crippen LogP contribution in [0.3, 0.4) is 0 Å². The van der Waals surface area contributed by atoms with E-state index < -0.39 is 0 Å². The summed E-state index contributed by atoms with van der Waals surface area (Å²) in [5.74, 6) is 0. The molecule has 0 saturated heterocycles. The Morgan fingerprint density at radius 2 is 1.85 bits per heavy atom. The van der Waals surface area contributed by atoms with Crippen molar-refractivity contribution in [1.29, 1.82) is 0 Å². The third kappa shape index (κ3) is 2.56. The zero-order valence-corrected chi connectivity index (χ0v) is 8.72. The van der Waals surface area contributed by atoms with Gasteiger partial charge in [0.25, 0.3) is 0 Å². The molecule has 0 radical (unpaired) electrons. The van der Waals surface area contributed by atoms with Crippen LogP contribution in [0.5, 0.6) is 0 Å². The number of benzene rings is 1. The van der Waals surface area contributed by atoms with E-state index in [0.29, 0.717) is 0 Å². The van der Waals surface area contributed by atoms with Gasteiger partial charge in [-0.2, -0.15) is 0 Å². The standard InChI is InChI=1S/C12H18O/c1-9-7-10(2)11(3)12(8-9)5-4-6-13/h7-8,13H,4-6H2,1-3H3. The van der Waals surface area contributed by atoms with Crippen molar-refractivity contribution >= 4 is 0 Å². The van der Waals surface area contributed by atoms with Crippen LogP contribution in [0, 0.1) is 20.8 Å². The fraction of sp³-hybridized carbons (Fsp3) is 0.500. The lowest BCUT2D eigenvalue weighted by atomic mass is 9.97. The van der Waals surface area contributed by atoms with Gasteiger partial charge in [0, 0.05) is 6.61 Å². The van der Waals surface area contributed by atoms with Crippen molar-refractivity contribution in [2.24, 2.45) is 0 Å². The van der Waals surface area contributed by atoms with Crippen LogP contribution in [0.25, 0.3) is 0 Å². The lowest BCUT2D eigenvalue weighted by molar-refractivity contribution is 0.288. The van der Waals surface area contributed by atoms with Crippen LogP contribution < -0.4 is 0 Å². The van der Waals surface area contributed by atoms with E-state index in [1.54, 1.807) is 0 Å². The molecule has 0 atom stereocenters. The molecule has 0 heterocycles. The Bertz CT molecular complexity index is 289. The molecule has 1 nitrogen and oxygen atoms in total. The molecule has 13 heavy (non-hydrogen) atoms. The van der Waals surface area contributed by atoms with Crippen molar-refractivity contribution in [3.63, 3.8) is 0 Å². The van der Waals surface area contributed by atoms with Crippen LogP contribution >= 0.6 is 0 Å². The Kier molecular flexibility index (Phi) is 3.49. The monoisotopic (exact) mass is 178 g/mol. The predicted molar refractivity (Wildman–Crippen MR) is 56.1 cm³/mol. The van der Waals surface area contributed by atoms with Gasteiger partial charge in [0.1, 0.15) is 0 Å². The lowest BCUT2D eigenvalue weighted by Crippen LogP contribution is -1.96. The topological polar surface area (TPSA) is 20.2 Å². The summed E-state index contributed by atoms with van der Waals surface area (Å²) < 4.78 is 0. The maximum Gasteiger partial charge on any atom is 0.0434 e. The molecular formula is C12H18O. The number of aliphatic hydroxyl groups excluding tert-OH is 1. The number of hydrogen-bond acceptors (Lipinski definition) is 1. The molecule has 0 bridgehead atoms. The van der Waals surface area contributed by atoms with Crippen molar-refractivity contribution in [3.05, 3.63) is 34.4 Å². The second-order valence-electron chi connectivity index (χ2n) is 3.69. The summed E-state index contributed by atoms with van der Waals surface area (Å²) in [4.78, 5) is 0. The van der Waals surface area contributed by atoms with Gasteiger partial charge in [0.05, 0.1) is 0 Å². The molecule has 1 aromatic carbocycles. The van der Waals surface area contributed by atoms with E-state index >= 15 is 0 Å². The molecule has 0 aliphatic rings. The first-order chi connectivity index (χ1) is 6.15. The molecule has 0 aliphatic heterocycles. The van der Waals surface area contributed by atoms with E-state index in [2.05, 4.69) is 32.9 Å². The lowest BCUT2D eigenvalue weighted by Gasteiger charge is -2.09. The van der Waals surface area contributed by atoms with Gasteiger partial charge in [0.15, 0.2) is 0 Å². The van der Waals surface area contributed by atoms with E-state index in [1.807, 2.05) is 0 Å². The quantitative estimate of drug-likeness (QED) is 0.754. The van der Waals surface area contributed by atoms with E-state index in [0.717, 1.165) is 12.8 Å². The Morgan fingerprint density at radius 3 is 2.46 bits per heavy atom. The van der Waals surface area contributed by atoms with Crippen LogP contribution in [0.2, 0.25) is 0 Å². The molecule has 0 fully saturated rings. The molecule has 1 N–H and O–H groups in total. The second kappa shape index (κ2) is 4.43. The molecule has 0 saturated carbocycles. The molecule has 0 unspecified atom stereocenters. The van der Waals surface area contributed by atoms with Gasteiger partial charge in [-0.3, -0.25) is 0 Å². The van der Waals surface area contributed by atoms with Crippen molar-refractivity contribution < 1.29 is 5.11 Å². The molecular weight excluding hydrogens is 160 g/mol. The average Bonchev–Trinajstić information content (AvgIpc) is 2.09. The number of aryl methyl sites for hydroxylation is 3. The SMILES string of the molecule is Cc1cc(C)c(C)c(CCCO)c1. The van der Waals surface area contributed by atoms with Gasteiger partial charge < -0.3 is 5.11 Å². The van der Waals surface area contributed by atoms with Crippen LogP contribution in [0.15, 0.2) is 12.1 Å². The fourth-order valence-electron chi connectivity index (χ4n) is 1.66. The normalized spacial score (nSPS) is 10.5. The summed E-state index contributed by atoms with van der Waals surface area (Å²) in [6.45, 7) is 6.70. The molecule has 1 aromatic rings. The highest BCUT2D eigenvalue weighted by atomic mass is 16.2. The van der Waals surface area contributed by atoms with Gasteiger partial charge in [-0.25, -0.2) is 0 Å². The molecule has 1 rings (SSSR count). The van der Waals surface area contributed by atoms with E-state index in [1.165, 1.54) is 22.3 Å². The first-order valence-corrected chi connectivity index (χ1v) is 4.82. The minimum atomic E-state index is 0.284. The molecule has 0 spiro atoms. The van der Waals surface area contributed by atoms with Crippen LogP contribution in [-0.2, 0) is 6.42 Å². The summed E-state index contributed by atoms with van der Waals surface area (Å²) in [5.41, 5.74) is 5.43. The highest BCUT2D eigenvalue weighted by Crippen LogP contribution is 2.17. The Balaban J connectivity index is 2.92. The largest absolute Gasteiger partial charge is 0.396 e. The van der Waals surface area contributed by atoms with Crippen molar-refractivity contribution in [2.45, 2.75) is 33.6 Å². The summed E-state index contributed by atoms with van der Waals surface area (Å²) in [6, 6.07) is 4.43. The average molecular weight is 178 g/mol. The molecule has 0 amide bonds. The van der Waals surface area contributed by atoms with Gasteiger partial charge >= 0.3 is 0 Å². The van der Waals surface area contributed by atoms with Crippen molar-refractivity contribution in [1.82, 2.24) is 0 Å². The predicted octanol–water partition coefficient (Wildman–Crippen LogP) is 2.54. The molecule has 0 aliphatic carbocycles. The van der Waals surface area contributed by atoms with Gasteiger partial charge in [-0.1, -0.05) is 17.7 Å². The van der Waals surface area contributed by atoms with Crippen molar-refractivity contribution in [3.8, 4) is 0 Å². The smallest absolute Gasteiger partial charge is 0.0434 e. The minimum Gasteiger partial charge on any atom is -0.396 e. The third-order valence-electron chi connectivity index (χ3n) is 2.52. The Labute approximate surface area is 80.4 Å². The fourth-order valence-corrected chi connectivity index (χ4v) is 1.66. The van der Waals surface area contributed by atoms with Gasteiger partial charge in [0.2, 0.25) is 0 Å². The number of aliphatic hydroxyl groups is 1. The molecule has 0 aromatic heterocycles. The summed E-state index contributed by atoms with van der Waals surface area (Å²) in [7, 11) is 0. The third-order valence-corrected chi connectivity index (χ3v) is 2.52. The van der Waals surface area contributed by atoms with Crippen LogP contribution in [-0.4, -0.2) is 11.7 Å². The van der Waals surface area contributed by atoms with Crippen molar-refractivity contribution in [2.75, 3.05) is 6.61 Å². The Morgan fingerprint density at radius 1 is 1.15 bits per heavy atom. The summed E-state index contributed by atoms with van der Waals surface area (Å²) in [5, 5.41) is 8.76. The highest BCUT2D eigenvalue weighted by molar-refractivity contribution is 5.37. The first kappa shape index (κ1) is 10.3. The number of rotatable bonds is 3. The maximum absolute atomic E-state index is 8.76. The molecule has 1 heteroatoms. The van der Waals surface area contributed by atoms with Gasteiger partial charge in [-0.05, 0) is 50.3 Å². The number of hydrogen-bond donors (Lipinski definition) is 1. The van der Waals surface area contributed by atoms with Crippen LogP contribution in [0.4, 0.5) is 0 Å². The maximum atomic E-state index is 8.76.